The highest BCUT2D eigenvalue weighted by Crippen LogP contribution is 2.04. The topological polar surface area (TPSA) is 63.8 Å². The van der Waals surface area contributed by atoms with Gasteiger partial charge in [-0.3, -0.25) is 14.6 Å². The lowest BCUT2D eigenvalue weighted by atomic mass is 10.1. The van der Waals surface area contributed by atoms with Crippen LogP contribution in [-0.2, 0) is 13.0 Å². The Morgan fingerprint density at radius 3 is 2.59 bits per heavy atom. The zero-order valence-electron chi connectivity index (χ0n) is 9.94. The average Bonchev–Trinajstić information content (AvgIpc) is 2.59. The lowest BCUT2D eigenvalue weighted by Gasteiger charge is -2.02. The SMILES string of the molecule is Cc1[nH]n(CCCc2ccccc2)c(=O)c1N. The molecule has 0 saturated heterocycles. The van der Waals surface area contributed by atoms with Crippen LogP contribution < -0.4 is 11.3 Å². The van der Waals surface area contributed by atoms with E-state index in [4.69, 9.17) is 5.73 Å². The third kappa shape index (κ3) is 2.58. The smallest absolute Gasteiger partial charge is 0.289 e. The molecule has 1 heterocycles. The van der Waals surface area contributed by atoms with Crippen LogP contribution in [0.15, 0.2) is 35.1 Å². The minimum absolute atomic E-state index is 0.115. The number of nitrogens with zero attached hydrogens (tertiary/aromatic N) is 1. The first-order valence-electron chi connectivity index (χ1n) is 5.77. The van der Waals surface area contributed by atoms with Crippen LogP contribution in [0.25, 0.3) is 0 Å². The molecule has 3 N–H and O–H groups in total. The van der Waals surface area contributed by atoms with Gasteiger partial charge in [0, 0.05) is 6.54 Å². The van der Waals surface area contributed by atoms with E-state index in [1.807, 2.05) is 25.1 Å². The van der Waals surface area contributed by atoms with Gasteiger partial charge in [0.1, 0.15) is 5.69 Å². The lowest BCUT2D eigenvalue weighted by Crippen LogP contribution is -2.18. The number of rotatable bonds is 4. The van der Waals surface area contributed by atoms with Gasteiger partial charge in [-0.15, -0.1) is 0 Å². The molecule has 1 aromatic heterocycles. The molecule has 0 spiro atoms. The first-order valence-corrected chi connectivity index (χ1v) is 5.77. The van der Waals surface area contributed by atoms with E-state index in [0.717, 1.165) is 18.5 Å². The lowest BCUT2D eigenvalue weighted by molar-refractivity contribution is 0.560. The second kappa shape index (κ2) is 4.91. The first-order chi connectivity index (χ1) is 8.18. The fraction of sp³-hybridized carbons (Fsp3) is 0.308. The van der Waals surface area contributed by atoms with Gasteiger partial charge < -0.3 is 5.73 Å². The van der Waals surface area contributed by atoms with Gasteiger partial charge in [0.25, 0.3) is 5.56 Å². The Balaban J connectivity index is 1.95. The molecule has 0 fully saturated rings. The molecule has 17 heavy (non-hydrogen) atoms. The third-order valence-corrected chi connectivity index (χ3v) is 2.87. The van der Waals surface area contributed by atoms with Crippen LogP contribution in [0.1, 0.15) is 17.7 Å². The summed E-state index contributed by atoms with van der Waals surface area (Å²) in [4.78, 5) is 11.6. The monoisotopic (exact) mass is 231 g/mol. The normalized spacial score (nSPS) is 10.6. The van der Waals surface area contributed by atoms with Gasteiger partial charge >= 0.3 is 0 Å². The van der Waals surface area contributed by atoms with E-state index in [2.05, 4.69) is 17.2 Å². The van der Waals surface area contributed by atoms with Gasteiger partial charge in [-0.25, -0.2) is 0 Å². The number of nitrogen functional groups attached to an aromatic ring is 1. The van der Waals surface area contributed by atoms with Gasteiger partial charge in [-0.1, -0.05) is 30.3 Å². The van der Waals surface area contributed by atoms with Crippen molar-refractivity contribution in [3.8, 4) is 0 Å². The van der Waals surface area contributed by atoms with E-state index in [9.17, 15) is 4.79 Å². The summed E-state index contributed by atoms with van der Waals surface area (Å²) in [7, 11) is 0. The number of hydrogen-bond acceptors (Lipinski definition) is 2. The van der Waals surface area contributed by atoms with E-state index in [1.54, 1.807) is 4.68 Å². The molecule has 0 unspecified atom stereocenters. The molecule has 1 aromatic carbocycles. The minimum Gasteiger partial charge on any atom is -0.393 e. The molecule has 4 heteroatoms. The third-order valence-electron chi connectivity index (χ3n) is 2.87. The van der Waals surface area contributed by atoms with Crippen LogP contribution in [0.2, 0.25) is 0 Å². The maximum atomic E-state index is 11.6. The van der Waals surface area contributed by atoms with Gasteiger partial charge in [-0.05, 0) is 25.3 Å². The number of aromatic nitrogens is 2. The first kappa shape index (κ1) is 11.5. The number of hydrogen-bond donors (Lipinski definition) is 2. The van der Waals surface area contributed by atoms with Crippen molar-refractivity contribution in [3.63, 3.8) is 0 Å². The molecule has 0 aliphatic rings. The highest BCUT2D eigenvalue weighted by Gasteiger charge is 2.06. The maximum Gasteiger partial charge on any atom is 0.289 e. The summed E-state index contributed by atoms with van der Waals surface area (Å²) >= 11 is 0. The van der Waals surface area contributed by atoms with Crippen LogP contribution in [0, 0.1) is 6.92 Å². The molecule has 0 bridgehead atoms. The van der Waals surface area contributed by atoms with Crippen molar-refractivity contribution in [2.45, 2.75) is 26.3 Å². The van der Waals surface area contributed by atoms with Crippen LogP contribution in [-0.4, -0.2) is 9.78 Å². The van der Waals surface area contributed by atoms with Crippen LogP contribution in [0.5, 0.6) is 0 Å². The molecule has 2 aromatic rings. The summed E-state index contributed by atoms with van der Waals surface area (Å²) < 4.78 is 1.58. The molecule has 0 saturated carbocycles. The van der Waals surface area contributed by atoms with E-state index in [1.165, 1.54) is 5.56 Å². The number of nitrogens with two attached hydrogens (primary N) is 1. The van der Waals surface area contributed by atoms with E-state index < -0.39 is 0 Å². The summed E-state index contributed by atoms with van der Waals surface area (Å²) in [6.07, 6.45) is 1.88. The molecular weight excluding hydrogens is 214 g/mol. The van der Waals surface area contributed by atoms with Crippen molar-refractivity contribution in [2.75, 3.05) is 5.73 Å². The Morgan fingerprint density at radius 2 is 2.00 bits per heavy atom. The Labute approximate surface area is 100 Å². The summed E-state index contributed by atoms with van der Waals surface area (Å²) in [5.41, 5.74) is 7.86. The second-order valence-corrected chi connectivity index (χ2v) is 4.20. The molecule has 0 radical (unpaired) electrons. The van der Waals surface area contributed by atoms with Crippen LogP contribution >= 0.6 is 0 Å². The number of anilines is 1. The Hall–Kier alpha value is -1.97. The molecule has 4 nitrogen and oxygen atoms in total. The molecule has 90 valence electrons. The van der Waals surface area contributed by atoms with E-state index in [0.29, 0.717) is 12.2 Å². The largest absolute Gasteiger partial charge is 0.393 e. The number of H-pyrrole nitrogens is 1. The van der Waals surface area contributed by atoms with Crippen molar-refractivity contribution >= 4 is 5.69 Å². The van der Waals surface area contributed by atoms with E-state index >= 15 is 0 Å². The molecule has 0 atom stereocenters. The predicted octanol–water partition coefficient (Wildman–Crippen LogP) is 1.70. The zero-order chi connectivity index (χ0) is 12.3. The molecule has 2 rings (SSSR count). The van der Waals surface area contributed by atoms with Gasteiger partial charge in [0.15, 0.2) is 0 Å². The Kier molecular flexibility index (Phi) is 3.32. The Bertz CT molecular complexity index is 540. The number of aryl methyl sites for hydroxylation is 3. The van der Waals surface area contributed by atoms with Crippen molar-refractivity contribution < 1.29 is 0 Å². The minimum atomic E-state index is -0.115. The predicted molar refractivity (Wildman–Crippen MR) is 69.0 cm³/mol. The fourth-order valence-corrected chi connectivity index (χ4v) is 1.86. The van der Waals surface area contributed by atoms with Crippen LogP contribution in [0.3, 0.4) is 0 Å². The highest BCUT2D eigenvalue weighted by molar-refractivity contribution is 5.39. The molecule has 0 aliphatic heterocycles. The zero-order valence-corrected chi connectivity index (χ0v) is 9.94. The van der Waals surface area contributed by atoms with Gasteiger partial charge in [0.05, 0.1) is 5.69 Å². The molecular formula is C13H17N3O. The average molecular weight is 231 g/mol. The summed E-state index contributed by atoms with van der Waals surface area (Å²) in [5, 5.41) is 2.98. The van der Waals surface area contributed by atoms with Crippen molar-refractivity contribution in [2.24, 2.45) is 0 Å². The van der Waals surface area contributed by atoms with Gasteiger partial charge in [-0.2, -0.15) is 0 Å². The fourth-order valence-electron chi connectivity index (χ4n) is 1.86. The van der Waals surface area contributed by atoms with Gasteiger partial charge in [0.2, 0.25) is 0 Å². The number of aromatic amines is 1. The van der Waals surface area contributed by atoms with Crippen LogP contribution in [0.4, 0.5) is 5.69 Å². The second-order valence-electron chi connectivity index (χ2n) is 4.20. The van der Waals surface area contributed by atoms with Crippen molar-refractivity contribution in [1.82, 2.24) is 9.78 Å². The standard InChI is InChI=1S/C13H17N3O/c1-10-12(14)13(17)16(15-10)9-5-8-11-6-3-2-4-7-11/h2-4,6-7,15H,5,8-9,14H2,1H3. The van der Waals surface area contributed by atoms with Crippen molar-refractivity contribution in [1.29, 1.82) is 0 Å². The Morgan fingerprint density at radius 1 is 1.29 bits per heavy atom. The van der Waals surface area contributed by atoms with E-state index in [-0.39, 0.29) is 5.56 Å². The number of benzene rings is 1. The molecule has 0 amide bonds. The molecule has 0 aliphatic carbocycles. The highest BCUT2D eigenvalue weighted by atomic mass is 16.1. The quantitative estimate of drug-likeness (QED) is 0.841. The van der Waals surface area contributed by atoms with Crippen molar-refractivity contribution in [3.05, 3.63) is 51.9 Å². The summed E-state index contributed by atoms with van der Waals surface area (Å²) in [6, 6.07) is 10.2. The summed E-state index contributed by atoms with van der Waals surface area (Å²) in [6.45, 7) is 2.48. The summed E-state index contributed by atoms with van der Waals surface area (Å²) in [5.74, 6) is 0. The number of nitrogens with one attached hydrogen (secondary N) is 1. The maximum absolute atomic E-state index is 11.6.